The van der Waals surface area contributed by atoms with Crippen LogP contribution in [0.4, 0.5) is 0 Å². The molecule has 1 aliphatic heterocycles. The Balaban J connectivity index is 1.70. The Bertz CT molecular complexity index is 338. The first-order valence-electron chi connectivity index (χ1n) is 5.34. The molecule has 0 saturated carbocycles. The number of carbonyl (C=O) groups is 1. The second-order valence-corrected chi connectivity index (χ2v) is 4.70. The normalized spacial score (nSPS) is 19.6. The summed E-state index contributed by atoms with van der Waals surface area (Å²) in [4.78, 5) is 15.7. The maximum Gasteiger partial charge on any atom is 0.238 e. The van der Waals surface area contributed by atoms with Gasteiger partial charge in [-0.25, -0.2) is 0 Å². The lowest BCUT2D eigenvalue weighted by Crippen LogP contribution is -2.42. The fourth-order valence-corrected chi connectivity index (χ4v) is 2.50. The van der Waals surface area contributed by atoms with E-state index < -0.39 is 0 Å². The van der Waals surface area contributed by atoms with Gasteiger partial charge in [-0.15, -0.1) is 11.8 Å². The third-order valence-electron chi connectivity index (χ3n) is 2.47. The molecule has 16 heavy (non-hydrogen) atoms. The van der Waals surface area contributed by atoms with Crippen LogP contribution in [0.5, 0.6) is 0 Å². The van der Waals surface area contributed by atoms with Crippen LogP contribution >= 0.6 is 11.8 Å². The van der Waals surface area contributed by atoms with E-state index in [0.29, 0.717) is 6.54 Å². The van der Waals surface area contributed by atoms with Crippen molar-refractivity contribution in [3.05, 3.63) is 30.1 Å². The van der Waals surface area contributed by atoms with E-state index in [1.54, 1.807) is 18.0 Å². The molecule has 1 amide bonds. The topological polar surface area (TPSA) is 54.0 Å². The second-order valence-electron chi connectivity index (χ2n) is 3.67. The van der Waals surface area contributed by atoms with Gasteiger partial charge in [0.15, 0.2) is 0 Å². The molecule has 2 rings (SSSR count). The van der Waals surface area contributed by atoms with Crippen molar-refractivity contribution in [2.75, 3.05) is 18.2 Å². The molecule has 1 aliphatic rings. The molecule has 1 aromatic heterocycles. The number of aromatic nitrogens is 1. The van der Waals surface area contributed by atoms with Gasteiger partial charge < -0.3 is 5.32 Å². The van der Waals surface area contributed by atoms with E-state index in [9.17, 15) is 4.79 Å². The highest BCUT2D eigenvalue weighted by Crippen LogP contribution is 2.09. The highest BCUT2D eigenvalue weighted by Gasteiger charge is 2.21. The third kappa shape index (κ3) is 3.21. The summed E-state index contributed by atoms with van der Waals surface area (Å²) in [6.07, 6.45) is 4.41. The molecule has 0 aliphatic carbocycles. The molecule has 0 spiro atoms. The van der Waals surface area contributed by atoms with Gasteiger partial charge in [-0.05, 0) is 18.1 Å². The van der Waals surface area contributed by atoms with Gasteiger partial charge in [0.2, 0.25) is 5.91 Å². The highest BCUT2D eigenvalue weighted by molar-refractivity contribution is 7.99. The van der Waals surface area contributed by atoms with E-state index in [-0.39, 0.29) is 11.9 Å². The Kier molecular flexibility index (Phi) is 4.18. The van der Waals surface area contributed by atoms with Crippen LogP contribution in [-0.2, 0) is 11.2 Å². The fourth-order valence-electron chi connectivity index (χ4n) is 1.56. The molecule has 0 radical (unpaired) electrons. The number of hydrogen-bond acceptors (Lipinski definition) is 4. The van der Waals surface area contributed by atoms with Crippen LogP contribution in [0.1, 0.15) is 5.56 Å². The van der Waals surface area contributed by atoms with E-state index in [0.717, 1.165) is 23.6 Å². The van der Waals surface area contributed by atoms with Crippen molar-refractivity contribution in [1.29, 1.82) is 0 Å². The van der Waals surface area contributed by atoms with Crippen LogP contribution in [0.15, 0.2) is 24.5 Å². The summed E-state index contributed by atoms with van der Waals surface area (Å²) in [5, 5.41) is 6.07. The summed E-state index contributed by atoms with van der Waals surface area (Å²) in [5.74, 6) is 1.85. The first kappa shape index (κ1) is 11.4. The molecule has 1 atom stereocenters. The van der Waals surface area contributed by atoms with E-state index in [2.05, 4.69) is 15.6 Å². The molecule has 1 aromatic rings. The lowest BCUT2D eigenvalue weighted by atomic mass is 10.2. The van der Waals surface area contributed by atoms with Crippen molar-refractivity contribution in [3.8, 4) is 0 Å². The van der Waals surface area contributed by atoms with Gasteiger partial charge >= 0.3 is 0 Å². The molecular weight excluding hydrogens is 222 g/mol. The van der Waals surface area contributed by atoms with Crippen LogP contribution in [0.2, 0.25) is 0 Å². The maximum atomic E-state index is 11.6. The highest BCUT2D eigenvalue weighted by atomic mass is 32.2. The monoisotopic (exact) mass is 237 g/mol. The predicted molar refractivity (Wildman–Crippen MR) is 65.2 cm³/mol. The van der Waals surface area contributed by atoms with Crippen LogP contribution < -0.4 is 10.6 Å². The van der Waals surface area contributed by atoms with Gasteiger partial charge in [-0.3, -0.25) is 15.1 Å². The van der Waals surface area contributed by atoms with Crippen LogP contribution in [-0.4, -0.2) is 35.1 Å². The summed E-state index contributed by atoms with van der Waals surface area (Å²) < 4.78 is 0. The Labute approximate surface area is 99.2 Å². The number of carbonyl (C=O) groups excluding carboxylic acids is 1. The Morgan fingerprint density at radius 2 is 2.62 bits per heavy atom. The Morgan fingerprint density at radius 3 is 3.31 bits per heavy atom. The Hall–Kier alpha value is -1.07. The average molecular weight is 237 g/mol. The number of hydrogen-bond donors (Lipinski definition) is 2. The van der Waals surface area contributed by atoms with E-state index >= 15 is 0 Å². The zero-order chi connectivity index (χ0) is 11.2. The van der Waals surface area contributed by atoms with Gasteiger partial charge in [0.25, 0.3) is 0 Å². The van der Waals surface area contributed by atoms with Gasteiger partial charge in [-0.2, -0.15) is 0 Å². The number of nitrogens with zero attached hydrogens (tertiary/aromatic N) is 1. The lowest BCUT2D eigenvalue weighted by molar-refractivity contribution is -0.122. The SMILES string of the molecule is O=C(NCCc1cccnc1)C1CSCN1. The molecule has 2 heterocycles. The molecule has 5 heteroatoms. The Morgan fingerprint density at radius 1 is 1.69 bits per heavy atom. The third-order valence-corrected chi connectivity index (χ3v) is 3.41. The average Bonchev–Trinajstić information content (AvgIpc) is 2.84. The standard InChI is InChI=1S/C11H15N3OS/c15-11(10-7-16-8-14-10)13-5-3-9-2-1-4-12-6-9/h1-2,4,6,10,14H,3,5,7-8H2,(H,13,15). The minimum Gasteiger partial charge on any atom is -0.354 e. The number of thioether (sulfide) groups is 1. The quantitative estimate of drug-likeness (QED) is 0.796. The zero-order valence-electron chi connectivity index (χ0n) is 8.98. The fraction of sp³-hybridized carbons (Fsp3) is 0.455. The number of rotatable bonds is 4. The second kappa shape index (κ2) is 5.86. The molecule has 1 unspecified atom stereocenters. The molecule has 0 aromatic carbocycles. The van der Waals surface area contributed by atoms with E-state index in [4.69, 9.17) is 0 Å². The summed E-state index contributed by atoms with van der Waals surface area (Å²) in [5.41, 5.74) is 1.15. The van der Waals surface area contributed by atoms with Gasteiger partial charge in [0, 0.05) is 30.6 Å². The lowest BCUT2D eigenvalue weighted by Gasteiger charge is -2.10. The minimum atomic E-state index is -0.0149. The minimum absolute atomic E-state index is 0.0149. The van der Waals surface area contributed by atoms with Crippen molar-refractivity contribution < 1.29 is 4.79 Å². The smallest absolute Gasteiger partial charge is 0.238 e. The first-order chi connectivity index (χ1) is 7.86. The molecule has 86 valence electrons. The van der Waals surface area contributed by atoms with Crippen LogP contribution in [0, 0.1) is 0 Å². The molecular formula is C11H15N3OS. The maximum absolute atomic E-state index is 11.6. The number of nitrogens with one attached hydrogen (secondary N) is 2. The van der Waals surface area contributed by atoms with Gasteiger partial charge in [0.05, 0.1) is 6.04 Å². The number of amides is 1. The summed E-state index contributed by atoms with van der Waals surface area (Å²) in [7, 11) is 0. The van der Waals surface area contributed by atoms with Crippen LogP contribution in [0.25, 0.3) is 0 Å². The predicted octanol–water partition coefficient (Wildman–Crippen LogP) is 0.403. The largest absolute Gasteiger partial charge is 0.354 e. The van der Waals surface area contributed by atoms with Gasteiger partial charge in [0.1, 0.15) is 0 Å². The summed E-state index contributed by atoms with van der Waals surface area (Å²) >= 11 is 1.76. The van der Waals surface area contributed by atoms with Crippen LogP contribution in [0.3, 0.4) is 0 Å². The number of pyridine rings is 1. The summed E-state index contributed by atoms with van der Waals surface area (Å²) in [6.45, 7) is 0.674. The van der Waals surface area contributed by atoms with Crippen molar-refractivity contribution in [1.82, 2.24) is 15.6 Å². The molecule has 1 saturated heterocycles. The summed E-state index contributed by atoms with van der Waals surface area (Å²) in [6, 6.07) is 3.91. The van der Waals surface area contributed by atoms with E-state index in [1.165, 1.54) is 0 Å². The first-order valence-corrected chi connectivity index (χ1v) is 6.49. The molecule has 2 N–H and O–H groups in total. The molecule has 4 nitrogen and oxygen atoms in total. The van der Waals surface area contributed by atoms with Crippen molar-refractivity contribution >= 4 is 17.7 Å². The molecule has 1 fully saturated rings. The van der Waals surface area contributed by atoms with E-state index in [1.807, 2.05) is 18.3 Å². The van der Waals surface area contributed by atoms with Crippen molar-refractivity contribution in [2.45, 2.75) is 12.5 Å². The van der Waals surface area contributed by atoms with Crippen molar-refractivity contribution in [3.63, 3.8) is 0 Å². The van der Waals surface area contributed by atoms with Gasteiger partial charge in [-0.1, -0.05) is 6.07 Å². The zero-order valence-corrected chi connectivity index (χ0v) is 9.80. The van der Waals surface area contributed by atoms with Crippen molar-refractivity contribution in [2.24, 2.45) is 0 Å². The molecule has 0 bridgehead atoms.